The molecule has 7 heteroatoms. The zero-order chi connectivity index (χ0) is 18.7. The van der Waals surface area contributed by atoms with E-state index in [4.69, 9.17) is 0 Å². The van der Waals surface area contributed by atoms with E-state index in [1.165, 1.54) is 0 Å². The molecule has 3 rings (SSSR count). The Kier molecular flexibility index (Phi) is 5.55. The minimum Gasteiger partial charge on any atom is -0.342 e. The maximum absolute atomic E-state index is 13.2. The lowest BCUT2D eigenvalue weighted by Crippen LogP contribution is -2.45. The summed E-state index contributed by atoms with van der Waals surface area (Å²) >= 11 is 0. The van der Waals surface area contributed by atoms with Crippen LogP contribution in [0.3, 0.4) is 0 Å². The Morgan fingerprint density at radius 2 is 1.96 bits per heavy atom. The van der Waals surface area contributed by atoms with Gasteiger partial charge in [0.1, 0.15) is 0 Å². The molecule has 0 aromatic heterocycles. The lowest BCUT2D eigenvalue weighted by Gasteiger charge is -2.33. The van der Waals surface area contributed by atoms with Gasteiger partial charge in [0, 0.05) is 38.2 Å². The van der Waals surface area contributed by atoms with Crippen molar-refractivity contribution >= 4 is 17.5 Å². The minimum absolute atomic E-state index is 0.0536. The molecule has 0 saturated carbocycles. The van der Waals surface area contributed by atoms with E-state index in [1.54, 1.807) is 4.90 Å². The number of hydrogen-bond acceptors (Lipinski definition) is 3. The van der Waals surface area contributed by atoms with Crippen molar-refractivity contribution < 1.29 is 18.4 Å². The Morgan fingerprint density at radius 1 is 1.23 bits per heavy atom. The Morgan fingerprint density at radius 3 is 2.65 bits per heavy atom. The van der Waals surface area contributed by atoms with Gasteiger partial charge >= 0.3 is 0 Å². The Labute approximate surface area is 152 Å². The molecule has 1 N–H and O–H groups in total. The highest BCUT2D eigenvalue weighted by Gasteiger charge is 2.38. The van der Waals surface area contributed by atoms with Crippen molar-refractivity contribution in [2.45, 2.75) is 32.1 Å². The molecule has 0 radical (unpaired) electrons. The summed E-state index contributed by atoms with van der Waals surface area (Å²) in [7, 11) is 0. The molecule has 2 amide bonds. The molecule has 0 bridgehead atoms. The summed E-state index contributed by atoms with van der Waals surface area (Å²) in [5.41, 5.74) is 1.83. The number of halogens is 2. The number of aryl methyl sites for hydroxylation is 1. The number of hydrogen-bond donors (Lipinski definition) is 1. The molecule has 1 atom stereocenters. The van der Waals surface area contributed by atoms with Gasteiger partial charge in [0.2, 0.25) is 11.8 Å². The summed E-state index contributed by atoms with van der Waals surface area (Å²) in [6.07, 6.45) is 0.158. The number of carbonyl (C=O) groups excluding carboxylic acids is 2. The van der Waals surface area contributed by atoms with Crippen LogP contribution in [-0.4, -0.2) is 60.3 Å². The predicted molar refractivity (Wildman–Crippen MR) is 95.1 cm³/mol. The zero-order valence-electron chi connectivity index (χ0n) is 15.0. The largest absolute Gasteiger partial charge is 0.342 e. The number of amides is 2. The van der Waals surface area contributed by atoms with Gasteiger partial charge in [-0.15, -0.1) is 0 Å². The first-order chi connectivity index (χ1) is 12.3. The molecule has 1 aromatic rings. The van der Waals surface area contributed by atoms with Crippen LogP contribution < -0.4 is 5.32 Å². The summed E-state index contributed by atoms with van der Waals surface area (Å²) in [5.74, 6) is -3.01. The van der Waals surface area contributed by atoms with Crippen molar-refractivity contribution in [1.82, 2.24) is 9.80 Å². The van der Waals surface area contributed by atoms with E-state index in [9.17, 15) is 18.4 Å². The number of carbonyl (C=O) groups is 2. The lowest BCUT2D eigenvalue weighted by molar-refractivity contribution is -0.141. The number of anilines is 1. The SMILES string of the molecule is Cc1cccc(NC(=O)CN2CCC(C(=O)N3CCC(F)(F)CC3)C2)c1. The third-order valence-electron chi connectivity index (χ3n) is 5.10. The molecule has 2 aliphatic heterocycles. The molecule has 1 aromatic carbocycles. The molecule has 5 nitrogen and oxygen atoms in total. The Balaban J connectivity index is 1.46. The first-order valence-corrected chi connectivity index (χ1v) is 9.08. The highest BCUT2D eigenvalue weighted by Crippen LogP contribution is 2.29. The highest BCUT2D eigenvalue weighted by atomic mass is 19.3. The van der Waals surface area contributed by atoms with Gasteiger partial charge in [-0.25, -0.2) is 8.78 Å². The standard InChI is InChI=1S/C19H25F2N3O2/c1-14-3-2-4-16(11-14)22-17(25)13-23-8-5-15(12-23)18(26)24-9-6-19(20,21)7-10-24/h2-4,11,15H,5-10,12-13H2,1H3,(H,22,25). The van der Waals surface area contributed by atoms with Crippen molar-refractivity contribution in [3.8, 4) is 0 Å². The fourth-order valence-corrected chi connectivity index (χ4v) is 3.62. The first-order valence-electron chi connectivity index (χ1n) is 9.08. The van der Waals surface area contributed by atoms with E-state index in [-0.39, 0.29) is 50.2 Å². The molecule has 2 aliphatic rings. The number of alkyl halides is 2. The number of nitrogens with zero attached hydrogens (tertiary/aromatic N) is 2. The van der Waals surface area contributed by atoms with Crippen LogP contribution in [0, 0.1) is 12.8 Å². The van der Waals surface area contributed by atoms with Crippen LogP contribution in [0.25, 0.3) is 0 Å². The maximum Gasteiger partial charge on any atom is 0.251 e. The average molecular weight is 365 g/mol. The predicted octanol–water partition coefficient (Wildman–Crippen LogP) is 2.51. The zero-order valence-corrected chi connectivity index (χ0v) is 15.0. The number of benzene rings is 1. The van der Waals surface area contributed by atoms with Crippen molar-refractivity contribution in [3.63, 3.8) is 0 Å². The molecule has 2 saturated heterocycles. The van der Waals surface area contributed by atoms with Gasteiger partial charge in [0.25, 0.3) is 5.92 Å². The molecule has 1 unspecified atom stereocenters. The van der Waals surface area contributed by atoms with Gasteiger partial charge < -0.3 is 10.2 Å². The number of rotatable bonds is 4. The van der Waals surface area contributed by atoms with E-state index < -0.39 is 5.92 Å². The van der Waals surface area contributed by atoms with Crippen LogP contribution in [0.5, 0.6) is 0 Å². The van der Waals surface area contributed by atoms with Crippen molar-refractivity contribution in [1.29, 1.82) is 0 Å². The molecular formula is C19H25F2N3O2. The maximum atomic E-state index is 13.2. The molecule has 2 heterocycles. The van der Waals surface area contributed by atoms with Crippen LogP contribution in [0.1, 0.15) is 24.8 Å². The van der Waals surface area contributed by atoms with Gasteiger partial charge in [-0.1, -0.05) is 12.1 Å². The summed E-state index contributed by atoms with van der Waals surface area (Å²) in [6.45, 7) is 3.61. The number of nitrogens with one attached hydrogen (secondary N) is 1. The summed E-state index contributed by atoms with van der Waals surface area (Å²) in [6, 6.07) is 7.59. The van der Waals surface area contributed by atoms with Crippen molar-refractivity contribution in [3.05, 3.63) is 29.8 Å². The Hall–Kier alpha value is -2.02. The molecule has 26 heavy (non-hydrogen) atoms. The van der Waals surface area contributed by atoms with E-state index in [0.717, 1.165) is 11.3 Å². The van der Waals surface area contributed by atoms with E-state index in [2.05, 4.69) is 5.32 Å². The summed E-state index contributed by atoms with van der Waals surface area (Å²) in [5, 5.41) is 2.87. The molecule has 0 aliphatic carbocycles. The number of piperidine rings is 1. The third kappa shape index (κ3) is 4.78. The van der Waals surface area contributed by atoms with Crippen LogP contribution in [0.2, 0.25) is 0 Å². The van der Waals surface area contributed by atoms with Crippen LogP contribution >= 0.6 is 0 Å². The van der Waals surface area contributed by atoms with Gasteiger partial charge in [0.15, 0.2) is 0 Å². The quantitative estimate of drug-likeness (QED) is 0.892. The number of likely N-dealkylation sites (tertiary alicyclic amines) is 2. The average Bonchev–Trinajstić information content (AvgIpc) is 3.02. The highest BCUT2D eigenvalue weighted by molar-refractivity contribution is 5.92. The fourth-order valence-electron chi connectivity index (χ4n) is 3.62. The summed E-state index contributed by atoms with van der Waals surface area (Å²) < 4.78 is 26.5. The fraction of sp³-hybridized carbons (Fsp3) is 0.579. The van der Waals surface area contributed by atoms with Crippen LogP contribution in [0.15, 0.2) is 24.3 Å². The summed E-state index contributed by atoms with van der Waals surface area (Å²) in [4.78, 5) is 28.2. The molecular weight excluding hydrogens is 340 g/mol. The van der Waals surface area contributed by atoms with E-state index >= 15 is 0 Å². The minimum atomic E-state index is -2.65. The normalized spacial score (nSPS) is 23.0. The monoisotopic (exact) mass is 365 g/mol. The topological polar surface area (TPSA) is 52.7 Å². The molecule has 0 spiro atoms. The second kappa shape index (κ2) is 7.70. The van der Waals surface area contributed by atoms with E-state index in [1.807, 2.05) is 36.1 Å². The molecule has 142 valence electrons. The van der Waals surface area contributed by atoms with Gasteiger partial charge in [0.05, 0.1) is 12.5 Å². The van der Waals surface area contributed by atoms with Gasteiger partial charge in [-0.3, -0.25) is 14.5 Å². The van der Waals surface area contributed by atoms with Gasteiger partial charge in [-0.2, -0.15) is 0 Å². The third-order valence-corrected chi connectivity index (χ3v) is 5.10. The lowest BCUT2D eigenvalue weighted by atomic mass is 10.0. The van der Waals surface area contributed by atoms with E-state index in [0.29, 0.717) is 19.5 Å². The second-order valence-corrected chi connectivity index (χ2v) is 7.32. The second-order valence-electron chi connectivity index (χ2n) is 7.32. The van der Waals surface area contributed by atoms with Crippen molar-refractivity contribution in [2.24, 2.45) is 5.92 Å². The van der Waals surface area contributed by atoms with Crippen molar-refractivity contribution in [2.75, 3.05) is 38.0 Å². The first kappa shape index (κ1) is 18.8. The smallest absolute Gasteiger partial charge is 0.251 e. The van der Waals surface area contributed by atoms with Crippen LogP contribution in [0.4, 0.5) is 14.5 Å². The molecule has 2 fully saturated rings. The van der Waals surface area contributed by atoms with Gasteiger partial charge in [-0.05, 0) is 37.6 Å². The van der Waals surface area contributed by atoms with Crippen LogP contribution in [-0.2, 0) is 9.59 Å². The Bertz CT molecular complexity index is 671.